The van der Waals surface area contributed by atoms with Gasteiger partial charge in [0, 0.05) is 18.6 Å². The Labute approximate surface area is 119 Å². The van der Waals surface area contributed by atoms with Crippen LogP contribution in [0.4, 0.5) is 11.5 Å². The van der Waals surface area contributed by atoms with Crippen molar-refractivity contribution in [1.29, 1.82) is 0 Å². The lowest BCUT2D eigenvalue weighted by Crippen LogP contribution is -2.47. The van der Waals surface area contributed by atoms with Crippen LogP contribution < -0.4 is 5.43 Å². The van der Waals surface area contributed by atoms with Gasteiger partial charge in [-0.15, -0.1) is 0 Å². The van der Waals surface area contributed by atoms with Gasteiger partial charge in [-0.2, -0.15) is 5.10 Å². The van der Waals surface area contributed by atoms with Crippen LogP contribution in [-0.4, -0.2) is 31.8 Å². The second-order valence-electron chi connectivity index (χ2n) is 5.50. The smallest absolute Gasteiger partial charge is 0.297 e. The van der Waals surface area contributed by atoms with Crippen LogP contribution in [0.5, 0.6) is 0 Å². The minimum atomic E-state index is -0.351. The van der Waals surface area contributed by atoms with Crippen LogP contribution in [-0.2, 0) is 6.54 Å². The van der Waals surface area contributed by atoms with E-state index in [9.17, 15) is 10.1 Å². The highest BCUT2D eigenvalue weighted by atomic mass is 16.6. The standard InChI is InChI=1S/C13H23N5O2/c1-5-16-13(12(18(19)20)11(4)14-16)15-17-9(2)7-6-8-10(17)3/h9-10,15H,5-8H2,1-4H3. The molecule has 2 rings (SSSR count). The Hall–Kier alpha value is -1.63. The molecule has 112 valence electrons. The van der Waals surface area contributed by atoms with Crippen molar-refractivity contribution < 1.29 is 4.92 Å². The zero-order valence-electron chi connectivity index (χ0n) is 12.6. The molecule has 2 unspecified atom stereocenters. The van der Waals surface area contributed by atoms with Gasteiger partial charge < -0.3 is 0 Å². The van der Waals surface area contributed by atoms with Gasteiger partial charge in [-0.3, -0.25) is 15.5 Å². The third-order valence-corrected chi connectivity index (χ3v) is 4.01. The van der Waals surface area contributed by atoms with E-state index in [4.69, 9.17) is 0 Å². The van der Waals surface area contributed by atoms with E-state index in [1.165, 1.54) is 6.42 Å². The quantitative estimate of drug-likeness (QED) is 0.678. The summed E-state index contributed by atoms with van der Waals surface area (Å²) >= 11 is 0. The number of hydrazine groups is 1. The first-order valence-electron chi connectivity index (χ1n) is 7.22. The number of nitro groups is 1. The van der Waals surface area contributed by atoms with Crippen molar-refractivity contribution in [1.82, 2.24) is 14.8 Å². The summed E-state index contributed by atoms with van der Waals surface area (Å²) in [5.74, 6) is 0.496. The summed E-state index contributed by atoms with van der Waals surface area (Å²) in [5, 5.41) is 17.6. The van der Waals surface area contributed by atoms with E-state index in [2.05, 4.69) is 29.4 Å². The molecule has 0 bridgehead atoms. The maximum Gasteiger partial charge on any atom is 0.335 e. The first-order valence-corrected chi connectivity index (χ1v) is 7.22. The highest BCUT2D eigenvalue weighted by molar-refractivity contribution is 5.59. The van der Waals surface area contributed by atoms with Crippen LogP contribution in [0.15, 0.2) is 0 Å². The Morgan fingerprint density at radius 1 is 1.40 bits per heavy atom. The number of hydrogen-bond donors (Lipinski definition) is 1. The normalized spacial score (nSPS) is 23.8. The van der Waals surface area contributed by atoms with Crippen molar-refractivity contribution in [3.05, 3.63) is 15.8 Å². The van der Waals surface area contributed by atoms with Crippen LogP contribution in [0, 0.1) is 17.0 Å². The first-order chi connectivity index (χ1) is 9.45. The van der Waals surface area contributed by atoms with Gasteiger partial charge in [0.15, 0.2) is 0 Å². The third kappa shape index (κ3) is 2.63. The van der Waals surface area contributed by atoms with Crippen molar-refractivity contribution in [2.24, 2.45) is 0 Å². The number of rotatable bonds is 4. The molecule has 7 heteroatoms. The number of aromatic nitrogens is 2. The Bertz CT molecular complexity index is 489. The van der Waals surface area contributed by atoms with Crippen molar-refractivity contribution in [2.45, 2.75) is 65.6 Å². The van der Waals surface area contributed by atoms with Crippen LogP contribution in [0.3, 0.4) is 0 Å². The van der Waals surface area contributed by atoms with E-state index < -0.39 is 0 Å². The van der Waals surface area contributed by atoms with E-state index in [0.717, 1.165) is 12.8 Å². The molecule has 0 spiro atoms. The molecule has 1 N–H and O–H groups in total. The van der Waals surface area contributed by atoms with E-state index >= 15 is 0 Å². The van der Waals surface area contributed by atoms with Gasteiger partial charge >= 0.3 is 5.69 Å². The van der Waals surface area contributed by atoms with Gasteiger partial charge in [0.2, 0.25) is 5.82 Å². The molecule has 2 atom stereocenters. The lowest BCUT2D eigenvalue weighted by Gasteiger charge is -2.39. The molecule has 1 saturated heterocycles. The van der Waals surface area contributed by atoms with Crippen molar-refractivity contribution in [2.75, 3.05) is 5.43 Å². The summed E-state index contributed by atoms with van der Waals surface area (Å²) in [6.07, 6.45) is 3.41. The summed E-state index contributed by atoms with van der Waals surface area (Å²) in [4.78, 5) is 10.9. The van der Waals surface area contributed by atoms with Crippen molar-refractivity contribution >= 4 is 11.5 Å². The molecule has 1 aliphatic rings. The van der Waals surface area contributed by atoms with Gasteiger partial charge in [-0.05, 0) is 40.5 Å². The monoisotopic (exact) mass is 281 g/mol. The average Bonchev–Trinajstić information content (AvgIpc) is 2.70. The number of hydrogen-bond acceptors (Lipinski definition) is 5. The van der Waals surface area contributed by atoms with E-state index in [1.807, 2.05) is 6.92 Å². The van der Waals surface area contributed by atoms with E-state index in [0.29, 0.717) is 30.1 Å². The van der Waals surface area contributed by atoms with Gasteiger partial charge in [-0.25, -0.2) is 9.69 Å². The van der Waals surface area contributed by atoms with Gasteiger partial charge in [0.05, 0.1) is 4.92 Å². The Morgan fingerprint density at radius 3 is 2.50 bits per heavy atom. The minimum absolute atomic E-state index is 0.0804. The Kier molecular flexibility index (Phi) is 4.27. The number of aryl methyl sites for hydroxylation is 2. The Morgan fingerprint density at radius 2 is 2.00 bits per heavy atom. The van der Waals surface area contributed by atoms with Crippen LogP contribution >= 0.6 is 0 Å². The lowest BCUT2D eigenvalue weighted by atomic mass is 10.00. The Balaban J connectivity index is 2.34. The molecule has 0 aliphatic carbocycles. The predicted molar refractivity (Wildman–Crippen MR) is 77.5 cm³/mol. The second kappa shape index (κ2) is 5.78. The molecule has 1 aromatic heterocycles. The highest BCUT2D eigenvalue weighted by Gasteiger charge is 2.30. The molecule has 7 nitrogen and oxygen atoms in total. The van der Waals surface area contributed by atoms with E-state index in [1.54, 1.807) is 11.6 Å². The third-order valence-electron chi connectivity index (χ3n) is 4.01. The fourth-order valence-electron chi connectivity index (χ4n) is 2.89. The molecule has 0 radical (unpaired) electrons. The largest absolute Gasteiger partial charge is 0.335 e. The zero-order valence-corrected chi connectivity index (χ0v) is 12.6. The number of anilines is 1. The average molecular weight is 281 g/mol. The molecule has 2 heterocycles. The molecule has 1 fully saturated rings. The molecule has 0 amide bonds. The molecule has 20 heavy (non-hydrogen) atoms. The van der Waals surface area contributed by atoms with Gasteiger partial charge in [0.1, 0.15) is 5.69 Å². The molecule has 0 saturated carbocycles. The maximum atomic E-state index is 11.3. The van der Waals surface area contributed by atoms with Gasteiger partial charge in [0.25, 0.3) is 0 Å². The molecule has 1 aliphatic heterocycles. The number of nitrogens with one attached hydrogen (secondary N) is 1. The molecule has 1 aromatic rings. The summed E-state index contributed by atoms with van der Waals surface area (Å²) < 4.78 is 1.67. The van der Waals surface area contributed by atoms with Gasteiger partial charge in [-0.1, -0.05) is 6.42 Å². The fourth-order valence-corrected chi connectivity index (χ4v) is 2.89. The summed E-state index contributed by atoms with van der Waals surface area (Å²) in [5.41, 5.74) is 3.80. The van der Waals surface area contributed by atoms with E-state index in [-0.39, 0.29) is 10.6 Å². The molecular formula is C13H23N5O2. The summed E-state index contributed by atoms with van der Waals surface area (Å²) in [6.45, 7) is 8.51. The predicted octanol–water partition coefficient (Wildman–Crippen LogP) is 2.71. The molecular weight excluding hydrogens is 258 g/mol. The summed E-state index contributed by atoms with van der Waals surface area (Å²) in [6, 6.07) is 0.720. The van der Waals surface area contributed by atoms with Crippen LogP contribution in [0.2, 0.25) is 0 Å². The van der Waals surface area contributed by atoms with Crippen LogP contribution in [0.1, 0.15) is 45.7 Å². The van der Waals surface area contributed by atoms with Crippen LogP contribution in [0.25, 0.3) is 0 Å². The topological polar surface area (TPSA) is 76.2 Å². The zero-order chi connectivity index (χ0) is 14.9. The lowest BCUT2D eigenvalue weighted by molar-refractivity contribution is -0.384. The number of nitrogens with zero attached hydrogens (tertiary/aromatic N) is 4. The first kappa shape index (κ1) is 14.8. The maximum absolute atomic E-state index is 11.3. The summed E-state index contributed by atoms with van der Waals surface area (Å²) in [7, 11) is 0. The number of piperidine rings is 1. The highest BCUT2D eigenvalue weighted by Crippen LogP contribution is 2.31. The minimum Gasteiger partial charge on any atom is -0.297 e. The SMILES string of the molecule is CCn1nc(C)c([N+](=O)[O-])c1NN1C(C)CCCC1C. The fraction of sp³-hybridized carbons (Fsp3) is 0.769. The second-order valence-corrected chi connectivity index (χ2v) is 5.50. The van der Waals surface area contributed by atoms with Crippen molar-refractivity contribution in [3.63, 3.8) is 0 Å². The van der Waals surface area contributed by atoms with Crippen molar-refractivity contribution in [3.8, 4) is 0 Å². The molecule has 0 aromatic carbocycles.